The number of hydrogen-bond acceptors (Lipinski definition) is 11. The Kier molecular flexibility index (Phi) is 14.8. The molecule has 7 N–H and O–H groups in total. The maximum absolute atomic E-state index is 12.6. The lowest BCUT2D eigenvalue weighted by atomic mass is 9.99. The Bertz CT molecular complexity index is 1190. The van der Waals surface area contributed by atoms with E-state index >= 15 is 0 Å². The highest BCUT2D eigenvalue weighted by Crippen LogP contribution is 2.25. The van der Waals surface area contributed by atoms with Gasteiger partial charge in [0.1, 0.15) is 11.5 Å². The molecule has 0 spiro atoms. The standard InChI is InChI=1S/C29H37N5O6S2/c1-18(41-28(31)33-26(37)23(16-35)19-9-6-11-21(14-19)39-2)8-4-5-13-25(30)42-29(32)34-27(38)24(17-36)20-10-7-12-22(15-20)40-3/h6-7,9-12,14-15,23-24,30,35-36H,1,4-5,8,13,16-17H2,2-3H3,(H2,31,33,37)(H2,32,34,38). The van der Waals surface area contributed by atoms with E-state index in [9.17, 15) is 19.8 Å². The molecule has 0 radical (unpaired) electrons. The number of carbonyl (C=O) groups excluding carboxylic acids is 2. The van der Waals surface area contributed by atoms with Crippen molar-refractivity contribution in [3.05, 3.63) is 71.1 Å². The minimum atomic E-state index is -0.876. The van der Waals surface area contributed by atoms with Gasteiger partial charge in [0, 0.05) is 0 Å². The average Bonchev–Trinajstić information content (AvgIpc) is 2.96. The summed E-state index contributed by atoms with van der Waals surface area (Å²) < 4.78 is 10.3. The van der Waals surface area contributed by atoms with E-state index in [0.717, 1.165) is 23.5 Å². The molecule has 0 aromatic heterocycles. The largest absolute Gasteiger partial charge is 0.497 e. The Morgan fingerprint density at radius 1 is 0.810 bits per heavy atom. The van der Waals surface area contributed by atoms with Crippen LogP contribution in [0.5, 0.6) is 11.5 Å². The van der Waals surface area contributed by atoms with Gasteiger partial charge in [0.2, 0.25) is 11.8 Å². The highest BCUT2D eigenvalue weighted by Gasteiger charge is 2.23. The van der Waals surface area contributed by atoms with E-state index in [4.69, 9.17) is 25.7 Å². The van der Waals surface area contributed by atoms with Crippen molar-refractivity contribution in [2.45, 2.75) is 37.5 Å². The van der Waals surface area contributed by atoms with Gasteiger partial charge >= 0.3 is 0 Å². The maximum Gasteiger partial charge on any atom is 0.235 e. The van der Waals surface area contributed by atoms with Crippen LogP contribution in [0.3, 0.4) is 0 Å². The highest BCUT2D eigenvalue weighted by atomic mass is 32.2. The monoisotopic (exact) mass is 615 g/mol. The van der Waals surface area contributed by atoms with Gasteiger partial charge in [-0.2, -0.15) is 0 Å². The van der Waals surface area contributed by atoms with Crippen molar-refractivity contribution in [3.63, 3.8) is 0 Å². The number of methoxy groups -OCH3 is 2. The Balaban J connectivity index is 1.70. The number of rotatable bonds is 14. The van der Waals surface area contributed by atoms with Gasteiger partial charge in [-0.15, -0.1) is 0 Å². The number of ether oxygens (including phenoxy) is 2. The Morgan fingerprint density at radius 2 is 1.26 bits per heavy atom. The minimum absolute atomic E-state index is 0.103. The second kappa shape index (κ2) is 18.0. The zero-order valence-corrected chi connectivity index (χ0v) is 25.2. The van der Waals surface area contributed by atoms with Crippen molar-refractivity contribution in [1.29, 1.82) is 16.2 Å². The highest BCUT2D eigenvalue weighted by molar-refractivity contribution is 8.26. The van der Waals surface area contributed by atoms with Gasteiger partial charge in [-0.1, -0.05) is 42.6 Å². The van der Waals surface area contributed by atoms with Gasteiger partial charge in [-0.05, 0) is 77.7 Å². The summed E-state index contributed by atoms with van der Waals surface area (Å²) in [7, 11) is 3.02. The molecule has 0 aliphatic carbocycles. The molecule has 2 atom stereocenters. The summed E-state index contributed by atoms with van der Waals surface area (Å²) in [5.41, 5.74) is 1.13. The van der Waals surface area contributed by atoms with Gasteiger partial charge < -0.3 is 30.3 Å². The number of amidine groups is 2. The van der Waals surface area contributed by atoms with E-state index in [1.54, 1.807) is 48.5 Å². The van der Waals surface area contributed by atoms with E-state index in [1.165, 1.54) is 14.2 Å². The molecule has 2 unspecified atom stereocenters. The third-order valence-corrected chi connectivity index (χ3v) is 7.60. The van der Waals surface area contributed by atoms with E-state index in [-0.39, 0.29) is 15.4 Å². The molecule has 13 heteroatoms. The number of thioether (sulfide) groups is 2. The first-order valence-electron chi connectivity index (χ1n) is 13.0. The molecule has 0 aliphatic rings. The second-order valence-electron chi connectivity index (χ2n) is 9.03. The fraction of sp³-hybridized carbons (Fsp3) is 0.345. The van der Waals surface area contributed by atoms with E-state index in [2.05, 4.69) is 17.2 Å². The normalized spacial score (nSPS) is 12.0. The van der Waals surface area contributed by atoms with E-state index in [1.807, 2.05) is 0 Å². The smallest absolute Gasteiger partial charge is 0.235 e. The molecule has 2 aromatic rings. The Labute approximate surface area is 254 Å². The van der Waals surface area contributed by atoms with Gasteiger partial charge in [0.05, 0.1) is 44.3 Å². The summed E-state index contributed by atoms with van der Waals surface area (Å²) in [5.74, 6) is -1.68. The second-order valence-corrected chi connectivity index (χ2v) is 11.3. The van der Waals surface area contributed by atoms with Gasteiger partial charge in [-0.25, -0.2) is 0 Å². The zero-order chi connectivity index (χ0) is 31.1. The van der Waals surface area contributed by atoms with Crippen molar-refractivity contribution >= 4 is 50.7 Å². The lowest BCUT2D eigenvalue weighted by Crippen LogP contribution is -2.34. The predicted molar refractivity (Wildman–Crippen MR) is 168 cm³/mol. The number of aliphatic hydroxyl groups is 2. The van der Waals surface area contributed by atoms with Crippen LogP contribution < -0.4 is 20.1 Å². The van der Waals surface area contributed by atoms with Crippen LogP contribution in [-0.2, 0) is 9.59 Å². The summed E-state index contributed by atoms with van der Waals surface area (Å²) in [6, 6.07) is 13.6. The molecule has 2 rings (SSSR count). The summed E-state index contributed by atoms with van der Waals surface area (Å²) >= 11 is 1.85. The third kappa shape index (κ3) is 11.3. The van der Waals surface area contributed by atoms with Crippen LogP contribution in [0.15, 0.2) is 60.0 Å². The number of unbranched alkanes of at least 4 members (excludes halogenated alkanes) is 1. The zero-order valence-electron chi connectivity index (χ0n) is 23.6. The lowest BCUT2D eigenvalue weighted by Gasteiger charge is -2.16. The molecule has 0 fully saturated rings. The lowest BCUT2D eigenvalue weighted by molar-refractivity contribution is -0.122. The Morgan fingerprint density at radius 3 is 1.71 bits per heavy atom. The molecule has 2 amide bonds. The van der Waals surface area contributed by atoms with Crippen LogP contribution in [-0.4, -0.2) is 64.8 Å². The molecule has 0 heterocycles. The first-order chi connectivity index (χ1) is 20.1. The fourth-order valence-electron chi connectivity index (χ4n) is 3.82. The number of nitrogens with one attached hydrogen (secondary N) is 5. The minimum Gasteiger partial charge on any atom is -0.497 e. The summed E-state index contributed by atoms with van der Waals surface area (Å²) in [6.07, 6.45) is 2.22. The predicted octanol–water partition coefficient (Wildman–Crippen LogP) is 4.18. The summed E-state index contributed by atoms with van der Waals surface area (Å²) in [5, 5.41) is 48.6. The van der Waals surface area contributed by atoms with E-state index in [0.29, 0.717) is 53.2 Å². The first kappa shape index (κ1) is 34.6. The van der Waals surface area contributed by atoms with Crippen molar-refractivity contribution < 1.29 is 29.3 Å². The van der Waals surface area contributed by atoms with Gasteiger partial charge in [0.15, 0.2) is 10.3 Å². The van der Waals surface area contributed by atoms with Gasteiger partial charge in [-0.3, -0.25) is 25.8 Å². The topological polar surface area (TPSA) is 189 Å². The van der Waals surface area contributed by atoms with Crippen LogP contribution in [0.1, 0.15) is 48.6 Å². The molecule has 0 saturated heterocycles. The van der Waals surface area contributed by atoms with E-state index < -0.39 is 36.9 Å². The number of allylic oxidation sites excluding steroid dienone is 1. The van der Waals surface area contributed by atoms with Crippen LogP contribution in [0.4, 0.5) is 0 Å². The van der Waals surface area contributed by atoms with Crippen LogP contribution in [0.2, 0.25) is 0 Å². The number of hydrogen-bond donors (Lipinski definition) is 7. The van der Waals surface area contributed by atoms with Crippen molar-refractivity contribution in [1.82, 2.24) is 10.6 Å². The molecular formula is C29H37N5O6S2. The molecule has 226 valence electrons. The van der Waals surface area contributed by atoms with Crippen LogP contribution in [0, 0.1) is 16.2 Å². The first-order valence-corrected chi connectivity index (χ1v) is 14.6. The van der Waals surface area contributed by atoms with Gasteiger partial charge in [0.25, 0.3) is 0 Å². The number of carbonyl (C=O) groups is 2. The average molecular weight is 616 g/mol. The molecule has 0 bridgehead atoms. The number of benzene rings is 2. The summed E-state index contributed by atoms with van der Waals surface area (Å²) in [4.78, 5) is 25.9. The summed E-state index contributed by atoms with van der Waals surface area (Å²) in [6.45, 7) is 3.08. The van der Waals surface area contributed by atoms with Crippen molar-refractivity contribution in [2.75, 3.05) is 27.4 Å². The molecule has 0 aliphatic heterocycles. The van der Waals surface area contributed by atoms with Crippen LogP contribution in [0.25, 0.3) is 0 Å². The SMILES string of the molecule is C=C(CCCCC(=N)SC(=N)NC(=O)C(CO)c1cccc(OC)c1)SC(=N)NC(=O)C(CO)c1cccc(OC)c1. The van der Waals surface area contributed by atoms with Crippen molar-refractivity contribution in [2.24, 2.45) is 0 Å². The molecule has 42 heavy (non-hydrogen) atoms. The maximum atomic E-state index is 12.6. The molecular weight excluding hydrogens is 578 g/mol. The fourth-order valence-corrected chi connectivity index (χ4v) is 5.15. The third-order valence-electron chi connectivity index (χ3n) is 6.05. The van der Waals surface area contributed by atoms with Crippen molar-refractivity contribution in [3.8, 4) is 11.5 Å². The quantitative estimate of drug-likeness (QED) is 0.0936. The van der Waals surface area contributed by atoms with Crippen LogP contribution >= 0.6 is 23.5 Å². The molecule has 2 aromatic carbocycles. The number of aliphatic hydroxyl groups excluding tert-OH is 2. The number of amides is 2. The molecule has 0 saturated carbocycles. The Hall–Kier alpha value is -3.65. The molecule has 11 nitrogen and oxygen atoms in total.